The van der Waals surface area contributed by atoms with Crippen LogP contribution in [0.1, 0.15) is 19.8 Å². The molecule has 1 atom stereocenters. The molecule has 0 spiro atoms. The molecule has 1 aromatic carbocycles. The number of carbonyl (C=O) groups excluding carboxylic acids is 1. The number of H-pyrrole nitrogens is 1. The Bertz CT molecular complexity index is 820. The highest BCUT2D eigenvalue weighted by Gasteiger charge is 2.32. The summed E-state index contributed by atoms with van der Waals surface area (Å²) in [5.41, 5.74) is 0.924. The minimum absolute atomic E-state index is 0.0564. The molecule has 0 radical (unpaired) electrons. The SMILES string of the molecule is C[C@@H]1CN(C(=O)N2CCCC2)CCN1c1ccc(-c2cn[nH]c2)c(F)c1F. The molecule has 0 saturated carbocycles. The first-order chi connectivity index (χ1) is 13.1. The third-order valence-corrected chi connectivity index (χ3v) is 5.46. The molecule has 2 amide bonds. The Morgan fingerprint density at radius 2 is 1.89 bits per heavy atom. The fourth-order valence-electron chi connectivity index (χ4n) is 3.98. The van der Waals surface area contributed by atoms with E-state index in [9.17, 15) is 13.6 Å². The molecule has 144 valence electrons. The Morgan fingerprint density at radius 1 is 1.11 bits per heavy atom. The Labute approximate surface area is 156 Å². The normalized spacial score (nSPS) is 20.4. The quantitative estimate of drug-likeness (QED) is 0.878. The highest BCUT2D eigenvalue weighted by atomic mass is 19.2. The number of likely N-dealkylation sites (tertiary alicyclic amines) is 1. The van der Waals surface area contributed by atoms with Crippen LogP contribution < -0.4 is 4.90 Å². The van der Waals surface area contributed by atoms with E-state index in [2.05, 4.69) is 10.2 Å². The van der Waals surface area contributed by atoms with Crippen LogP contribution in [-0.2, 0) is 0 Å². The largest absolute Gasteiger partial charge is 0.363 e. The highest BCUT2D eigenvalue weighted by Crippen LogP contribution is 2.32. The molecule has 8 heteroatoms. The van der Waals surface area contributed by atoms with Gasteiger partial charge in [0.25, 0.3) is 0 Å². The number of nitrogens with one attached hydrogen (secondary N) is 1. The summed E-state index contributed by atoms with van der Waals surface area (Å²) in [4.78, 5) is 18.1. The molecule has 3 heterocycles. The number of hydrogen-bond donors (Lipinski definition) is 1. The van der Waals surface area contributed by atoms with Crippen molar-refractivity contribution in [3.05, 3.63) is 36.2 Å². The van der Waals surface area contributed by atoms with Crippen LogP contribution >= 0.6 is 0 Å². The number of carbonyl (C=O) groups is 1. The van der Waals surface area contributed by atoms with Gasteiger partial charge in [0.2, 0.25) is 0 Å². The van der Waals surface area contributed by atoms with Crippen molar-refractivity contribution in [3.63, 3.8) is 0 Å². The molecule has 6 nitrogen and oxygen atoms in total. The number of urea groups is 1. The summed E-state index contributed by atoms with van der Waals surface area (Å²) in [7, 11) is 0. The third-order valence-electron chi connectivity index (χ3n) is 5.46. The molecule has 2 saturated heterocycles. The lowest BCUT2D eigenvalue weighted by molar-refractivity contribution is 0.153. The van der Waals surface area contributed by atoms with Crippen molar-refractivity contribution in [2.75, 3.05) is 37.6 Å². The van der Waals surface area contributed by atoms with Gasteiger partial charge in [0.05, 0.1) is 11.9 Å². The number of nitrogens with zero attached hydrogens (tertiary/aromatic N) is 4. The third kappa shape index (κ3) is 3.24. The minimum Gasteiger partial charge on any atom is -0.363 e. The molecule has 1 N–H and O–H groups in total. The van der Waals surface area contributed by atoms with Gasteiger partial charge >= 0.3 is 6.03 Å². The van der Waals surface area contributed by atoms with Crippen LogP contribution in [0.4, 0.5) is 19.3 Å². The Balaban J connectivity index is 1.51. The van der Waals surface area contributed by atoms with Gasteiger partial charge in [0.1, 0.15) is 0 Å². The predicted molar refractivity (Wildman–Crippen MR) is 98.5 cm³/mol. The van der Waals surface area contributed by atoms with Crippen molar-refractivity contribution in [2.45, 2.75) is 25.8 Å². The molecule has 0 bridgehead atoms. The van der Waals surface area contributed by atoms with E-state index in [1.165, 1.54) is 12.4 Å². The lowest BCUT2D eigenvalue weighted by atomic mass is 10.1. The summed E-state index contributed by atoms with van der Waals surface area (Å²) in [6.45, 7) is 5.03. The zero-order valence-electron chi connectivity index (χ0n) is 15.3. The lowest BCUT2D eigenvalue weighted by Crippen LogP contribution is -2.56. The van der Waals surface area contributed by atoms with E-state index in [0.29, 0.717) is 25.2 Å². The van der Waals surface area contributed by atoms with Crippen molar-refractivity contribution in [3.8, 4) is 11.1 Å². The fraction of sp³-hybridized carbons (Fsp3) is 0.474. The number of hydrogen-bond acceptors (Lipinski definition) is 3. The Hall–Kier alpha value is -2.64. The maximum absolute atomic E-state index is 14.8. The number of rotatable bonds is 2. The standard InChI is InChI=1S/C19H23F2N5O/c1-13-12-25(19(27)24-6-2-3-7-24)8-9-26(13)16-5-4-15(17(20)18(16)21)14-10-22-23-11-14/h4-5,10-11,13H,2-3,6-9,12H2,1H3,(H,22,23)/t13-/m1/s1. The monoisotopic (exact) mass is 375 g/mol. The van der Waals surface area contributed by atoms with Crippen LogP contribution in [-0.4, -0.2) is 64.8 Å². The number of aromatic nitrogens is 2. The zero-order valence-corrected chi connectivity index (χ0v) is 15.3. The second kappa shape index (κ2) is 7.17. The van der Waals surface area contributed by atoms with Gasteiger partial charge in [-0.2, -0.15) is 5.10 Å². The second-order valence-corrected chi connectivity index (χ2v) is 7.21. The molecule has 2 fully saturated rings. The predicted octanol–water partition coefficient (Wildman–Crippen LogP) is 3.08. The van der Waals surface area contributed by atoms with E-state index in [-0.39, 0.29) is 23.3 Å². The van der Waals surface area contributed by atoms with E-state index in [0.717, 1.165) is 25.9 Å². The second-order valence-electron chi connectivity index (χ2n) is 7.21. The van der Waals surface area contributed by atoms with Gasteiger partial charge in [-0.25, -0.2) is 13.6 Å². The van der Waals surface area contributed by atoms with Gasteiger partial charge in [-0.3, -0.25) is 5.10 Å². The number of amides is 2. The zero-order chi connectivity index (χ0) is 19.0. The molecule has 0 aliphatic carbocycles. The Kier molecular flexibility index (Phi) is 4.72. The van der Waals surface area contributed by atoms with Crippen molar-refractivity contribution >= 4 is 11.7 Å². The van der Waals surface area contributed by atoms with E-state index in [1.807, 2.05) is 21.6 Å². The van der Waals surface area contributed by atoms with Gasteiger partial charge < -0.3 is 14.7 Å². The average Bonchev–Trinajstić information content (AvgIpc) is 3.37. The molecule has 2 aliphatic heterocycles. The summed E-state index contributed by atoms with van der Waals surface area (Å²) < 4.78 is 29.4. The van der Waals surface area contributed by atoms with E-state index in [4.69, 9.17) is 0 Å². The van der Waals surface area contributed by atoms with Gasteiger partial charge in [-0.1, -0.05) is 0 Å². The van der Waals surface area contributed by atoms with Gasteiger partial charge in [-0.05, 0) is 31.9 Å². The topological polar surface area (TPSA) is 55.5 Å². The van der Waals surface area contributed by atoms with Gasteiger partial charge in [-0.15, -0.1) is 0 Å². The first-order valence-electron chi connectivity index (χ1n) is 9.34. The maximum Gasteiger partial charge on any atom is 0.320 e. The number of anilines is 1. The number of halogens is 2. The molecule has 4 rings (SSSR count). The van der Waals surface area contributed by atoms with Crippen LogP contribution in [0.2, 0.25) is 0 Å². The molecular weight excluding hydrogens is 352 g/mol. The van der Waals surface area contributed by atoms with E-state index < -0.39 is 11.6 Å². The van der Waals surface area contributed by atoms with Crippen LogP contribution in [0, 0.1) is 11.6 Å². The molecule has 2 aliphatic rings. The summed E-state index contributed by atoms with van der Waals surface area (Å²) in [5, 5.41) is 6.39. The van der Waals surface area contributed by atoms with Crippen LogP contribution in [0.15, 0.2) is 24.5 Å². The molecule has 2 aromatic rings. The maximum atomic E-state index is 14.8. The average molecular weight is 375 g/mol. The molecule has 1 aromatic heterocycles. The number of piperazine rings is 1. The smallest absolute Gasteiger partial charge is 0.320 e. The van der Waals surface area contributed by atoms with Crippen molar-refractivity contribution in [1.29, 1.82) is 0 Å². The van der Waals surface area contributed by atoms with Gasteiger partial charge in [0.15, 0.2) is 11.6 Å². The van der Waals surface area contributed by atoms with Crippen LogP contribution in [0.3, 0.4) is 0 Å². The number of aromatic amines is 1. The van der Waals surface area contributed by atoms with Gasteiger partial charge in [0, 0.05) is 56.1 Å². The lowest BCUT2D eigenvalue weighted by Gasteiger charge is -2.42. The van der Waals surface area contributed by atoms with Crippen molar-refractivity contribution in [1.82, 2.24) is 20.0 Å². The molecule has 0 unspecified atom stereocenters. The summed E-state index contributed by atoms with van der Waals surface area (Å²) in [5.74, 6) is -1.74. The first kappa shape index (κ1) is 17.8. The van der Waals surface area contributed by atoms with E-state index in [1.54, 1.807) is 12.1 Å². The van der Waals surface area contributed by atoms with Crippen LogP contribution in [0.5, 0.6) is 0 Å². The fourth-order valence-corrected chi connectivity index (χ4v) is 3.98. The first-order valence-corrected chi connectivity index (χ1v) is 9.34. The Morgan fingerprint density at radius 3 is 2.56 bits per heavy atom. The van der Waals surface area contributed by atoms with E-state index >= 15 is 0 Å². The van der Waals surface area contributed by atoms with Crippen molar-refractivity contribution < 1.29 is 13.6 Å². The molecule has 27 heavy (non-hydrogen) atoms. The number of benzene rings is 1. The minimum atomic E-state index is -0.878. The molecular formula is C19H23F2N5O. The van der Waals surface area contributed by atoms with Crippen molar-refractivity contribution in [2.24, 2.45) is 0 Å². The summed E-state index contributed by atoms with van der Waals surface area (Å²) >= 11 is 0. The summed E-state index contributed by atoms with van der Waals surface area (Å²) in [6.07, 6.45) is 5.09. The summed E-state index contributed by atoms with van der Waals surface area (Å²) in [6, 6.07) is 3.14. The highest BCUT2D eigenvalue weighted by molar-refractivity contribution is 5.75. The van der Waals surface area contributed by atoms with Crippen LogP contribution in [0.25, 0.3) is 11.1 Å².